The summed E-state index contributed by atoms with van der Waals surface area (Å²) in [6.45, 7) is 2.02. The number of hydrogen-bond donors (Lipinski definition) is 2. The van der Waals surface area contributed by atoms with Gasteiger partial charge in [-0.05, 0) is 55.9 Å². The molecule has 3 amide bonds. The first kappa shape index (κ1) is 22.6. The predicted molar refractivity (Wildman–Crippen MR) is 118 cm³/mol. The second kappa shape index (κ2) is 10.2. The number of rotatable bonds is 7. The van der Waals surface area contributed by atoms with Gasteiger partial charge in [-0.25, -0.2) is 0 Å². The molecule has 0 saturated carbocycles. The highest BCUT2D eigenvalue weighted by Gasteiger charge is 2.13. The van der Waals surface area contributed by atoms with Gasteiger partial charge in [-0.2, -0.15) is 0 Å². The fraction of sp³-hybridized carbons (Fsp3) is 0.286. The van der Waals surface area contributed by atoms with Crippen LogP contribution in [-0.4, -0.2) is 61.8 Å². The molecular weight excluding hydrogens is 436 g/mol. The maximum atomic E-state index is 12.3. The largest absolute Gasteiger partial charge is 0.345 e. The molecule has 0 aliphatic rings. The van der Waals surface area contributed by atoms with Gasteiger partial charge in [0.05, 0.1) is 13.1 Å². The summed E-state index contributed by atoms with van der Waals surface area (Å²) >= 11 is 3.39. The van der Waals surface area contributed by atoms with Crippen molar-refractivity contribution in [2.75, 3.05) is 44.9 Å². The standard InChI is InChI=1S/C21H25BrN4O3/c1-14-10-16(22)8-9-18(14)24-20(28)13-26(4)12-19(27)23-17-7-5-6-15(11-17)21(29)25(2)3/h5-11H,12-13H2,1-4H3,(H,23,27)(H,24,28). The van der Waals surface area contributed by atoms with E-state index in [2.05, 4.69) is 26.6 Å². The highest BCUT2D eigenvalue weighted by molar-refractivity contribution is 9.10. The van der Waals surface area contributed by atoms with E-state index in [4.69, 9.17) is 0 Å². The van der Waals surface area contributed by atoms with Gasteiger partial charge in [0, 0.05) is 35.5 Å². The molecule has 0 aliphatic heterocycles. The molecular formula is C21H25BrN4O3. The van der Waals surface area contributed by atoms with E-state index in [9.17, 15) is 14.4 Å². The van der Waals surface area contributed by atoms with Crippen molar-refractivity contribution in [1.82, 2.24) is 9.80 Å². The number of nitrogens with one attached hydrogen (secondary N) is 2. The van der Waals surface area contributed by atoms with E-state index in [0.29, 0.717) is 11.3 Å². The first-order valence-electron chi connectivity index (χ1n) is 9.02. The average molecular weight is 461 g/mol. The van der Waals surface area contributed by atoms with Gasteiger partial charge in [0.2, 0.25) is 11.8 Å². The molecule has 0 heterocycles. The minimum atomic E-state index is -0.269. The van der Waals surface area contributed by atoms with Crippen LogP contribution in [0.15, 0.2) is 46.9 Å². The van der Waals surface area contributed by atoms with E-state index in [0.717, 1.165) is 15.7 Å². The normalized spacial score (nSPS) is 10.6. The van der Waals surface area contributed by atoms with Crippen LogP contribution < -0.4 is 10.6 Å². The zero-order valence-electron chi connectivity index (χ0n) is 17.0. The van der Waals surface area contributed by atoms with Gasteiger partial charge < -0.3 is 15.5 Å². The van der Waals surface area contributed by atoms with E-state index in [1.807, 2.05) is 25.1 Å². The van der Waals surface area contributed by atoms with Crippen LogP contribution >= 0.6 is 15.9 Å². The molecule has 2 aromatic carbocycles. The van der Waals surface area contributed by atoms with Gasteiger partial charge in [0.25, 0.3) is 5.91 Å². The Bertz CT molecular complexity index is 915. The number of anilines is 2. The van der Waals surface area contributed by atoms with E-state index in [-0.39, 0.29) is 30.8 Å². The van der Waals surface area contributed by atoms with E-state index >= 15 is 0 Å². The summed E-state index contributed by atoms with van der Waals surface area (Å²) in [6, 6.07) is 12.3. The maximum Gasteiger partial charge on any atom is 0.253 e. The Balaban J connectivity index is 1.88. The van der Waals surface area contributed by atoms with Crippen molar-refractivity contribution in [2.45, 2.75) is 6.92 Å². The number of hydrogen-bond acceptors (Lipinski definition) is 4. The lowest BCUT2D eigenvalue weighted by Crippen LogP contribution is -2.36. The molecule has 0 bridgehead atoms. The van der Waals surface area contributed by atoms with Crippen LogP contribution in [0.25, 0.3) is 0 Å². The van der Waals surface area contributed by atoms with Crippen LogP contribution in [0, 0.1) is 6.92 Å². The van der Waals surface area contributed by atoms with Gasteiger partial charge in [-0.3, -0.25) is 19.3 Å². The van der Waals surface area contributed by atoms with Crippen molar-refractivity contribution in [2.24, 2.45) is 0 Å². The molecule has 2 aromatic rings. The number of nitrogens with zero attached hydrogens (tertiary/aromatic N) is 2. The van der Waals surface area contributed by atoms with Crippen LogP contribution in [0.1, 0.15) is 15.9 Å². The van der Waals surface area contributed by atoms with Gasteiger partial charge >= 0.3 is 0 Å². The zero-order chi connectivity index (χ0) is 21.6. The molecule has 0 fully saturated rings. The van der Waals surface area contributed by atoms with Crippen molar-refractivity contribution in [3.8, 4) is 0 Å². The molecule has 0 saturated heterocycles. The molecule has 0 unspecified atom stereocenters. The monoisotopic (exact) mass is 460 g/mol. The molecule has 8 heteroatoms. The summed E-state index contributed by atoms with van der Waals surface area (Å²) in [6.07, 6.45) is 0. The summed E-state index contributed by atoms with van der Waals surface area (Å²) in [5.74, 6) is -0.614. The highest BCUT2D eigenvalue weighted by Crippen LogP contribution is 2.20. The molecule has 0 radical (unpaired) electrons. The lowest BCUT2D eigenvalue weighted by Gasteiger charge is -2.17. The number of carbonyl (C=O) groups excluding carboxylic acids is 3. The van der Waals surface area contributed by atoms with Crippen molar-refractivity contribution in [3.05, 3.63) is 58.1 Å². The Morgan fingerprint density at radius 2 is 1.59 bits per heavy atom. The summed E-state index contributed by atoms with van der Waals surface area (Å²) in [4.78, 5) is 39.7. The number of benzene rings is 2. The number of likely N-dealkylation sites (N-methyl/N-ethyl adjacent to an activating group) is 1. The van der Waals surface area contributed by atoms with Crippen molar-refractivity contribution >= 4 is 45.0 Å². The molecule has 29 heavy (non-hydrogen) atoms. The summed E-state index contributed by atoms with van der Waals surface area (Å²) in [5.41, 5.74) is 2.70. The number of carbonyl (C=O) groups is 3. The van der Waals surface area contributed by atoms with E-state index in [1.165, 1.54) is 4.90 Å². The fourth-order valence-corrected chi connectivity index (χ4v) is 3.17. The quantitative estimate of drug-likeness (QED) is 0.665. The van der Waals surface area contributed by atoms with Gasteiger partial charge in [-0.1, -0.05) is 22.0 Å². The Labute approximate surface area is 179 Å². The van der Waals surface area contributed by atoms with Gasteiger partial charge in [0.1, 0.15) is 0 Å². The lowest BCUT2D eigenvalue weighted by atomic mass is 10.2. The van der Waals surface area contributed by atoms with Crippen LogP contribution in [0.2, 0.25) is 0 Å². The smallest absolute Gasteiger partial charge is 0.253 e. The first-order valence-corrected chi connectivity index (χ1v) is 9.81. The fourth-order valence-electron chi connectivity index (χ4n) is 2.69. The van der Waals surface area contributed by atoms with Gasteiger partial charge in [-0.15, -0.1) is 0 Å². The van der Waals surface area contributed by atoms with Crippen molar-refractivity contribution in [1.29, 1.82) is 0 Å². The van der Waals surface area contributed by atoms with Crippen LogP contribution in [-0.2, 0) is 9.59 Å². The van der Waals surface area contributed by atoms with Crippen LogP contribution in [0.3, 0.4) is 0 Å². The maximum absolute atomic E-state index is 12.3. The second-order valence-corrected chi connectivity index (χ2v) is 7.92. The van der Waals surface area contributed by atoms with Crippen LogP contribution in [0.4, 0.5) is 11.4 Å². The van der Waals surface area contributed by atoms with Crippen molar-refractivity contribution < 1.29 is 14.4 Å². The lowest BCUT2D eigenvalue weighted by molar-refractivity contribution is -0.119. The third kappa shape index (κ3) is 6.99. The number of aryl methyl sites for hydroxylation is 1. The highest BCUT2D eigenvalue weighted by atomic mass is 79.9. The van der Waals surface area contributed by atoms with Crippen molar-refractivity contribution in [3.63, 3.8) is 0 Å². The Hall–Kier alpha value is -2.71. The first-order chi connectivity index (χ1) is 13.7. The minimum absolute atomic E-state index is 0.0403. The Kier molecular flexibility index (Phi) is 7.92. The number of amides is 3. The third-order valence-corrected chi connectivity index (χ3v) is 4.58. The average Bonchev–Trinajstić information content (AvgIpc) is 2.63. The molecule has 7 nitrogen and oxygen atoms in total. The minimum Gasteiger partial charge on any atom is -0.345 e. The summed E-state index contributed by atoms with van der Waals surface area (Å²) in [5, 5.41) is 5.60. The number of halogens is 1. The van der Waals surface area contributed by atoms with Crippen LogP contribution in [0.5, 0.6) is 0 Å². The molecule has 2 N–H and O–H groups in total. The molecule has 0 atom stereocenters. The Morgan fingerprint density at radius 3 is 2.21 bits per heavy atom. The third-order valence-electron chi connectivity index (χ3n) is 4.09. The summed E-state index contributed by atoms with van der Waals surface area (Å²) in [7, 11) is 5.03. The zero-order valence-corrected chi connectivity index (χ0v) is 18.5. The topological polar surface area (TPSA) is 81.8 Å². The van der Waals surface area contributed by atoms with E-state index < -0.39 is 0 Å². The molecule has 154 valence electrons. The Morgan fingerprint density at radius 1 is 0.931 bits per heavy atom. The van der Waals surface area contributed by atoms with E-state index in [1.54, 1.807) is 50.3 Å². The molecule has 0 aromatic heterocycles. The predicted octanol–water partition coefficient (Wildman–Crippen LogP) is 2.97. The molecule has 0 spiro atoms. The SMILES string of the molecule is Cc1cc(Br)ccc1NC(=O)CN(C)CC(=O)Nc1cccc(C(=O)N(C)C)c1. The summed E-state index contributed by atoms with van der Waals surface area (Å²) < 4.78 is 0.943. The van der Waals surface area contributed by atoms with Gasteiger partial charge in [0.15, 0.2) is 0 Å². The molecule has 2 rings (SSSR count). The molecule has 0 aliphatic carbocycles. The second-order valence-electron chi connectivity index (χ2n) is 7.01.